The molecule has 0 atom stereocenters. The molecule has 0 aromatic carbocycles. The van der Waals surface area contributed by atoms with E-state index in [1.807, 2.05) is 11.4 Å². The summed E-state index contributed by atoms with van der Waals surface area (Å²) < 4.78 is 14.9. The number of carbonyl (C=O) groups excluding carboxylic acids is 1. The molecule has 1 heterocycles. The minimum atomic E-state index is -0.337. The predicted octanol–water partition coefficient (Wildman–Crippen LogP) is 1.61. The van der Waals surface area contributed by atoms with Crippen molar-refractivity contribution in [3.05, 3.63) is 16.3 Å². The monoisotopic (exact) mass is 259 g/mol. The lowest BCUT2D eigenvalue weighted by molar-refractivity contribution is 0.0607. The third-order valence-electron chi connectivity index (χ3n) is 2.13. The van der Waals surface area contributed by atoms with Gasteiger partial charge < -0.3 is 19.5 Å². The molecule has 1 N–H and O–H groups in total. The zero-order valence-electron chi connectivity index (χ0n) is 10.2. The molecule has 96 valence electrons. The molecule has 0 saturated carbocycles. The maximum Gasteiger partial charge on any atom is 0.350 e. The lowest BCUT2D eigenvalue weighted by Crippen LogP contribution is -2.30. The molecule has 0 fully saturated rings. The van der Waals surface area contributed by atoms with Gasteiger partial charge in [-0.3, -0.25) is 0 Å². The van der Waals surface area contributed by atoms with Crippen LogP contribution in [-0.4, -0.2) is 46.6 Å². The minimum Gasteiger partial charge on any atom is -0.465 e. The molecule has 0 saturated heterocycles. The molecule has 0 aliphatic carbocycles. The highest BCUT2D eigenvalue weighted by Crippen LogP contribution is 2.23. The first-order chi connectivity index (χ1) is 8.22. The van der Waals surface area contributed by atoms with Crippen molar-refractivity contribution in [2.45, 2.75) is 6.04 Å². The van der Waals surface area contributed by atoms with Crippen LogP contribution in [0.3, 0.4) is 0 Å². The quantitative estimate of drug-likeness (QED) is 0.754. The molecular formula is C11H17NO4S. The summed E-state index contributed by atoms with van der Waals surface area (Å²) in [6.45, 7) is 1.01. The van der Waals surface area contributed by atoms with Gasteiger partial charge in [-0.2, -0.15) is 0 Å². The molecule has 0 unspecified atom stereocenters. The van der Waals surface area contributed by atoms with Crippen LogP contribution in [0.2, 0.25) is 0 Å². The normalized spacial score (nSPS) is 10.6. The number of hydrogen-bond donors (Lipinski definition) is 1. The highest BCUT2D eigenvalue weighted by molar-refractivity contribution is 7.12. The molecule has 0 aliphatic heterocycles. The zero-order valence-corrected chi connectivity index (χ0v) is 11.0. The van der Waals surface area contributed by atoms with Crippen molar-refractivity contribution in [1.82, 2.24) is 0 Å². The van der Waals surface area contributed by atoms with E-state index in [4.69, 9.17) is 14.2 Å². The Morgan fingerprint density at radius 2 is 2.00 bits per heavy atom. The van der Waals surface area contributed by atoms with Crippen LogP contribution < -0.4 is 5.32 Å². The topological polar surface area (TPSA) is 56.8 Å². The number of rotatable bonds is 7. The average molecular weight is 259 g/mol. The van der Waals surface area contributed by atoms with Crippen molar-refractivity contribution in [3.63, 3.8) is 0 Å². The molecule has 0 bridgehead atoms. The van der Waals surface area contributed by atoms with Crippen molar-refractivity contribution < 1.29 is 19.0 Å². The second-order valence-corrected chi connectivity index (χ2v) is 4.32. The van der Waals surface area contributed by atoms with Gasteiger partial charge in [-0.15, -0.1) is 11.3 Å². The van der Waals surface area contributed by atoms with E-state index >= 15 is 0 Å². The van der Waals surface area contributed by atoms with E-state index in [1.165, 1.54) is 18.4 Å². The zero-order chi connectivity index (χ0) is 12.7. The summed E-state index contributed by atoms with van der Waals surface area (Å²) >= 11 is 1.34. The highest BCUT2D eigenvalue weighted by atomic mass is 32.1. The Morgan fingerprint density at radius 1 is 1.35 bits per heavy atom. The van der Waals surface area contributed by atoms with E-state index in [-0.39, 0.29) is 12.0 Å². The molecule has 5 nitrogen and oxygen atoms in total. The molecule has 6 heteroatoms. The van der Waals surface area contributed by atoms with Crippen molar-refractivity contribution in [2.24, 2.45) is 0 Å². The molecule has 1 aromatic heterocycles. The Balaban J connectivity index is 2.71. The third kappa shape index (κ3) is 3.99. The van der Waals surface area contributed by atoms with Gasteiger partial charge in [0.1, 0.15) is 4.88 Å². The largest absolute Gasteiger partial charge is 0.465 e. The molecule has 0 radical (unpaired) electrons. The van der Waals surface area contributed by atoms with E-state index in [9.17, 15) is 4.79 Å². The summed E-state index contributed by atoms with van der Waals surface area (Å²) in [5.74, 6) is -0.337. The van der Waals surface area contributed by atoms with E-state index < -0.39 is 0 Å². The van der Waals surface area contributed by atoms with Crippen LogP contribution in [0.1, 0.15) is 9.67 Å². The van der Waals surface area contributed by atoms with Gasteiger partial charge in [0.2, 0.25) is 0 Å². The Morgan fingerprint density at radius 3 is 2.53 bits per heavy atom. The van der Waals surface area contributed by atoms with Crippen LogP contribution in [-0.2, 0) is 14.2 Å². The second kappa shape index (κ2) is 7.26. The summed E-state index contributed by atoms with van der Waals surface area (Å²) in [7, 11) is 4.62. The number of ether oxygens (including phenoxy) is 3. The van der Waals surface area contributed by atoms with Crippen molar-refractivity contribution in [1.29, 1.82) is 0 Å². The fourth-order valence-electron chi connectivity index (χ4n) is 1.43. The van der Waals surface area contributed by atoms with Gasteiger partial charge in [-0.1, -0.05) is 0 Å². The molecule has 0 aliphatic rings. The SMILES string of the molecule is COCC(COC)Nc1ccsc1C(=O)OC. The Hall–Kier alpha value is -1.11. The lowest BCUT2D eigenvalue weighted by atomic mass is 10.3. The Kier molecular flexibility index (Phi) is 5.96. The fraction of sp³-hybridized carbons (Fsp3) is 0.545. The van der Waals surface area contributed by atoms with Crippen LogP contribution in [0, 0.1) is 0 Å². The van der Waals surface area contributed by atoms with E-state index in [2.05, 4.69) is 5.32 Å². The number of nitrogens with one attached hydrogen (secondary N) is 1. The smallest absolute Gasteiger partial charge is 0.350 e. The lowest BCUT2D eigenvalue weighted by Gasteiger charge is -2.18. The van der Waals surface area contributed by atoms with Gasteiger partial charge in [0.15, 0.2) is 0 Å². The first-order valence-electron chi connectivity index (χ1n) is 5.13. The van der Waals surface area contributed by atoms with E-state index in [1.54, 1.807) is 14.2 Å². The van der Waals surface area contributed by atoms with E-state index in [0.29, 0.717) is 18.1 Å². The maximum absolute atomic E-state index is 11.5. The van der Waals surface area contributed by atoms with Gasteiger partial charge in [0.05, 0.1) is 32.1 Å². The van der Waals surface area contributed by atoms with E-state index in [0.717, 1.165) is 5.69 Å². The number of anilines is 1. The van der Waals surface area contributed by atoms with Crippen LogP contribution in [0.4, 0.5) is 5.69 Å². The standard InChI is InChI=1S/C11H17NO4S/c1-14-6-8(7-15-2)12-9-4-5-17-10(9)11(13)16-3/h4-5,8,12H,6-7H2,1-3H3. The first kappa shape index (κ1) is 14.0. The number of methoxy groups -OCH3 is 3. The number of thiophene rings is 1. The minimum absolute atomic E-state index is 0.00278. The number of hydrogen-bond acceptors (Lipinski definition) is 6. The van der Waals surface area contributed by atoms with Crippen molar-refractivity contribution in [3.8, 4) is 0 Å². The highest BCUT2D eigenvalue weighted by Gasteiger charge is 2.16. The Labute approximate surface area is 105 Å². The number of carbonyl (C=O) groups is 1. The van der Waals surface area contributed by atoms with Gasteiger partial charge in [-0.05, 0) is 11.4 Å². The second-order valence-electron chi connectivity index (χ2n) is 3.41. The van der Waals surface area contributed by atoms with Gasteiger partial charge in [0, 0.05) is 14.2 Å². The fourth-order valence-corrected chi connectivity index (χ4v) is 2.20. The van der Waals surface area contributed by atoms with Crippen LogP contribution in [0.5, 0.6) is 0 Å². The summed E-state index contributed by atoms with van der Waals surface area (Å²) in [6.07, 6.45) is 0. The molecule has 0 amide bonds. The van der Waals surface area contributed by atoms with Crippen LogP contribution in [0.15, 0.2) is 11.4 Å². The van der Waals surface area contributed by atoms with Gasteiger partial charge in [-0.25, -0.2) is 4.79 Å². The summed E-state index contributed by atoms with van der Waals surface area (Å²) in [5.41, 5.74) is 0.751. The summed E-state index contributed by atoms with van der Waals surface area (Å²) in [4.78, 5) is 12.0. The van der Waals surface area contributed by atoms with Crippen molar-refractivity contribution >= 4 is 23.0 Å². The van der Waals surface area contributed by atoms with Crippen LogP contribution in [0.25, 0.3) is 0 Å². The van der Waals surface area contributed by atoms with Crippen molar-refractivity contribution in [2.75, 3.05) is 39.9 Å². The van der Waals surface area contributed by atoms with Crippen LogP contribution >= 0.6 is 11.3 Å². The number of esters is 1. The summed E-state index contributed by atoms with van der Waals surface area (Å²) in [5, 5.41) is 5.04. The summed E-state index contributed by atoms with van der Waals surface area (Å²) in [6, 6.07) is 1.85. The van der Waals surface area contributed by atoms with Gasteiger partial charge >= 0.3 is 5.97 Å². The Bertz CT molecular complexity index is 347. The molecule has 17 heavy (non-hydrogen) atoms. The third-order valence-corrected chi connectivity index (χ3v) is 3.03. The first-order valence-corrected chi connectivity index (χ1v) is 6.01. The molecule has 1 aromatic rings. The molecular weight excluding hydrogens is 242 g/mol. The molecule has 1 rings (SSSR count). The molecule has 0 spiro atoms. The van der Waals surface area contributed by atoms with Gasteiger partial charge in [0.25, 0.3) is 0 Å². The average Bonchev–Trinajstić information content (AvgIpc) is 2.77. The maximum atomic E-state index is 11.5. The predicted molar refractivity (Wildman–Crippen MR) is 66.8 cm³/mol.